The predicted octanol–water partition coefficient (Wildman–Crippen LogP) is 8.15. The number of ketones is 1. The van der Waals surface area contributed by atoms with Gasteiger partial charge in [0.05, 0.1) is 46.4 Å². The number of nitrogens with zero attached hydrogens (tertiary/aromatic N) is 1. The van der Waals surface area contributed by atoms with E-state index < -0.39 is 31.7 Å². The molecule has 11 heteroatoms. The van der Waals surface area contributed by atoms with Crippen LogP contribution in [0.25, 0.3) is 6.08 Å². The molecule has 0 radical (unpaired) electrons. The molecule has 3 N–H and O–H groups in total. The zero-order valence-electron chi connectivity index (χ0n) is 33.1. The molecule has 0 saturated carbocycles. The molecule has 284 valence electrons. The van der Waals surface area contributed by atoms with E-state index in [4.69, 9.17) is 19.6 Å². The van der Waals surface area contributed by atoms with Gasteiger partial charge in [0.15, 0.2) is 8.32 Å². The van der Waals surface area contributed by atoms with Crippen LogP contribution >= 0.6 is 11.3 Å². The summed E-state index contributed by atoms with van der Waals surface area (Å²) in [5, 5.41) is 6.19. The molecule has 1 aromatic rings. The molecule has 0 aliphatic carbocycles. The topological polar surface area (TPSA) is 133 Å². The Kier molecular flexibility index (Phi) is 14.7. The highest BCUT2D eigenvalue weighted by atomic mass is 32.1. The van der Waals surface area contributed by atoms with Crippen molar-refractivity contribution in [1.29, 1.82) is 0 Å². The van der Waals surface area contributed by atoms with Gasteiger partial charge in [-0.15, -0.1) is 11.3 Å². The number of Topliss-reactive ketones (excluding diaryl/α,β-unsaturated/α-hetero) is 1. The van der Waals surface area contributed by atoms with Crippen LogP contribution in [0.4, 0.5) is 0 Å². The molecule has 3 heterocycles. The number of esters is 1. The summed E-state index contributed by atoms with van der Waals surface area (Å²) in [5.41, 5.74) is 6.06. The van der Waals surface area contributed by atoms with Gasteiger partial charge in [-0.05, 0) is 103 Å². The predicted molar refractivity (Wildman–Crippen MR) is 205 cm³/mol. The standard InChI is InChI=1S/C39H67N3O6SSi/c1-25-17-16-19-39(10)32(47-39)22-30(26(2)21-29-24-49-28(4)41-29)42-33(43)23-31(46-34(44)18-14-13-15-20-40)38(8,9)36(45)27(3)35(25)48-50(11,12)37(5,6)7/h21,24-25,27,30-32,35H,13-20,22-23,40H2,1-12H3,(H,42,43)/t25-,27+,30-,31-,32-,35-,39+/m0/s1. The van der Waals surface area contributed by atoms with Crippen LogP contribution in [0.5, 0.6) is 0 Å². The van der Waals surface area contributed by atoms with Crippen LogP contribution in [-0.4, -0.2) is 67.5 Å². The fourth-order valence-electron chi connectivity index (χ4n) is 6.90. The fourth-order valence-corrected chi connectivity index (χ4v) is 8.94. The number of hydrogen-bond acceptors (Lipinski definition) is 9. The third-order valence-electron chi connectivity index (χ3n) is 11.6. The number of nitrogens with two attached hydrogens (primary N) is 1. The Labute approximate surface area is 307 Å². The van der Waals surface area contributed by atoms with Gasteiger partial charge < -0.3 is 25.0 Å². The molecule has 0 spiro atoms. The lowest BCUT2D eigenvalue weighted by Crippen LogP contribution is -2.52. The van der Waals surface area contributed by atoms with Crippen LogP contribution in [0, 0.1) is 24.2 Å². The van der Waals surface area contributed by atoms with Gasteiger partial charge in [-0.1, -0.05) is 47.5 Å². The maximum atomic E-state index is 14.7. The Morgan fingerprint density at radius 3 is 2.46 bits per heavy atom. The largest absolute Gasteiger partial charge is 0.461 e. The van der Waals surface area contributed by atoms with Crippen molar-refractivity contribution < 1.29 is 28.3 Å². The van der Waals surface area contributed by atoms with Gasteiger partial charge in [-0.3, -0.25) is 14.4 Å². The number of hydrogen-bond donors (Lipinski definition) is 2. The van der Waals surface area contributed by atoms with E-state index in [-0.39, 0.29) is 59.3 Å². The summed E-state index contributed by atoms with van der Waals surface area (Å²) in [6, 6.07) is -0.309. The average Bonchev–Trinajstić information content (AvgIpc) is 3.46. The molecule has 1 amide bonds. The molecule has 2 aliphatic heterocycles. The average molecular weight is 734 g/mol. The number of carbonyl (C=O) groups is 3. The minimum Gasteiger partial charge on any atom is -0.461 e. The van der Waals surface area contributed by atoms with Crippen molar-refractivity contribution in [2.24, 2.45) is 23.0 Å². The van der Waals surface area contributed by atoms with Crippen LogP contribution in [0.1, 0.15) is 131 Å². The van der Waals surface area contributed by atoms with Crippen LogP contribution < -0.4 is 11.1 Å². The number of nitrogens with one attached hydrogen (secondary N) is 1. The van der Waals surface area contributed by atoms with Crippen LogP contribution in [0.2, 0.25) is 18.1 Å². The highest BCUT2D eigenvalue weighted by Gasteiger charge is 2.53. The number of rotatable bonds is 10. The first kappa shape index (κ1) is 42.5. The number of ether oxygens (including phenoxy) is 2. The summed E-state index contributed by atoms with van der Waals surface area (Å²) < 4.78 is 19.5. The molecule has 1 aromatic heterocycles. The van der Waals surface area contributed by atoms with E-state index in [1.54, 1.807) is 11.3 Å². The van der Waals surface area contributed by atoms with Crippen molar-refractivity contribution >= 4 is 43.4 Å². The van der Waals surface area contributed by atoms with E-state index in [2.05, 4.69) is 58.0 Å². The number of thiazole rings is 1. The van der Waals surface area contributed by atoms with Crippen LogP contribution in [-0.2, 0) is 28.3 Å². The van der Waals surface area contributed by atoms with Gasteiger partial charge in [0.2, 0.25) is 5.91 Å². The van der Waals surface area contributed by atoms with Gasteiger partial charge in [0.25, 0.3) is 0 Å². The molecule has 0 aromatic carbocycles. The molecular formula is C39H67N3O6SSi. The number of aryl methyl sites for hydroxylation is 1. The minimum absolute atomic E-state index is 0.00472. The van der Waals surface area contributed by atoms with E-state index in [9.17, 15) is 14.4 Å². The van der Waals surface area contributed by atoms with Crippen LogP contribution in [0.15, 0.2) is 11.0 Å². The zero-order valence-corrected chi connectivity index (χ0v) is 34.9. The first-order chi connectivity index (χ1) is 23.1. The Hall–Kier alpha value is -1.92. The van der Waals surface area contributed by atoms with Crippen molar-refractivity contribution in [1.82, 2.24) is 10.3 Å². The molecular weight excluding hydrogens is 667 g/mol. The van der Waals surface area contributed by atoms with Gasteiger partial charge >= 0.3 is 5.97 Å². The third kappa shape index (κ3) is 11.3. The van der Waals surface area contributed by atoms with E-state index in [1.165, 1.54) is 0 Å². The monoisotopic (exact) mass is 733 g/mol. The van der Waals surface area contributed by atoms with Crippen molar-refractivity contribution in [2.45, 2.75) is 175 Å². The van der Waals surface area contributed by atoms with Crippen molar-refractivity contribution in [3.8, 4) is 0 Å². The molecule has 9 nitrogen and oxygen atoms in total. The second-order valence-corrected chi connectivity index (χ2v) is 23.1. The molecule has 2 fully saturated rings. The Bertz CT molecular complexity index is 1350. The van der Waals surface area contributed by atoms with Gasteiger partial charge in [0, 0.05) is 24.1 Å². The molecule has 0 bridgehead atoms. The lowest BCUT2D eigenvalue weighted by molar-refractivity contribution is -0.162. The lowest BCUT2D eigenvalue weighted by atomic mass is 9.72. The Balaban J connectivity index is 2.01. The second-order valence-electron chi connectivity index (χ2n) is 17.3. The van der Waals surface area contributed by atoms with E-state index in [0.717, 1.165) is 48.4 Å². The SMILES string of the molecule is CC(=Cc1csc(C)n1)[C@@H]1C[C@@H]2O[C@]2(C)CCC[C@H](C)[C@H](O[Si](C)(C)C(C)(C)C)[C@@H](C)C(=O)C(C)(C)[C@@H](OC(=O)CCCCCN)CC(=O)N1. The first-order valence-corrected chi connectivity index (χ1v) is 22.6. The zero-order chi connectivity index (χ0) is 37.7. The van der Waals surface area contributed by atoms with E-state index in [1.807, 2.05) is 46.1 Å². The number of carbonyl (C=O) groups excluding carboxylic acids is 3. The molecule has 2 saturated heterocycles. The molecule has 0 unspecified atom stereocenters. The van der Waals surface area contributed by atoms with Gasteiger partial charge in [-0.2, -0.15) is 0 Å². The van der Waals surface area contributed by atoms with Gasteiger partial charge in [-0.25, -0.2) is 4.98 Å². The Morgan fingerprint density at radius 2 is 1.86 bits per heavy atom. The van der Waals surface area contributed by atoms with Gasteiger partial charge in [0.1, 0.15) is 11.9 Å². The highest BCUT2D eigenvalue weighted by molar-refractivity contribution is 7.09. The highest BCUT2D eigenvalue weighted by Crippen LogP contribution is 2.46. The summed E-state index contributed by atoms with van der Waals surface area (Å²) >= 11 is 1.59. The smallest absolute Gasteiger partial charge is 0.306 e. The Morgan fingerprint density at radius 1 is 1.18 bits per heavy atom. The number of fused-ring (bicyclic) bond motifs is 1. The molecule has 3 rings (SSSR count). The second kappa shape index (κ2) is 17.3. The quantitative estimate of drug-likeness (QED) is 0.107. The normalized spacial score (nSPS) is 30.4. The van der Waals surface area contributed by atoms with Crippen LogP contribution in [0.3, 0.4) is 0 Å². The molecule has 50 heavy (non-hydrogen) atoms. The summed E-state index contributed by atoms with van der Waals surface area (Å²) in [4.78, 5) is 46.5. The number of amides is 1. The van der Waals surface area contributed by atoms with E-state index >= 15 is 0 Å². The third-order valence-corrected chi connectivity index (χ3v) is 16.9. The minimum atomic E-state index is -2.26. The fraction of sp³-hybridized carbons (Fsp3) is 0.795. The first-order valence-electron chi connectivity index (χ1n) is 18.8. The summed E-state index contributed by atoms with van der Waals surface area (Å²) in [7, 11) is -2.26. The van der Waals surface area contributed by atoms with Crippen molar-refractivity contribution in [3.05, 3.63) is 21.7 Å². The molecule has 2 aliphatic rings. The summed E-state index contributed by atoms with van der Waals surface area (Å²) in [5.74, 6) is -1.10. The van der Waals surface area contributed by atoms with Crippen molar-refractivity contribution in [3.63, 3.8) is 0 Å². The number of unbranched alkanes of at least 4 members (excludes halogenated alkanes) is 2. The molecule has 7 atom stereocenters. The lowest BCUT2D eigenvalue weighted by Gasteiger charge is -2.44. The van der Waals surface area contributed by atoms with Crippen molar-refractivity contribution in [2.75, 3.05) is 6.54 Å². The number of epoxide rings is 1. The number of aromatic nitrogens is 1. The maximum Gasteiger partial charge on any atom is 0.306 e. The van der Waals surface area contributed by atoms with E-state index in [0.29, 0.717) is 19.4 Å². The maximum absolute atomic E-state index is 14.7. The summed E-state index contributed by atoms with van der Waals surface area (Å²) in [6.07, 6.45) is 6.44. The summed E-state index contributed by atoms with van der Waals surface area (Å²) in [6.45, 7) is 25.6.